The Labute approximate surface area is 135 Å². The lowest BCUT2D eigenvalue weighted by molar-refractivity contribution is 0.306. The van der Waals surface area contributed by atoms with E-state index in [4.69, 9.17) is 0 Å². The average Bonchev–Trinajstić information content (AvgIpc) is 2.84. The molecule has 1 aromatic heterocycles. The van der Waals surface area contributed by atoms with E-state index < -0.39 is 0 Å². The monoisotopic (exact) mass is 350 g/mol. The summed E-state index contributed by atoms with van der Waals surface area (Å²) >= 11 is 3.68. The summed E-state index contributed by atoms with van der Waals surface area (Å²) in [5.41, 5.74) is 2.60. The first-order chi connectivity index (χ1) is 10.1. The van der Waals surface area contributed by atoms with E-state index in [2.05, 4.69) is 67.9 Å². The number of rotatable bonds is 7. The minimum atomic E-state index is 0.842. The summed E-state index contributed by atoms with van der Waals surface area (Å²) in [4.78, 5) is 6.64. The summed E-state index contributed by atoms with van der Waals surface area (Å²) in [5.74, 6) is 1.08. The maximum Gasteiger partial charge on any atom is 0.122 e. The van der Waals surface area contributed by atoms with E-state index in [-0.39, 0.29) is 0 Å². The Morgan fingerprint density at radius 1 is 1.33 bits per heavy atom. The lowest BCUT2D eigenvalue weighted by Gasteiger charge is -2.18. The molecule has 0 atom stereocenters. The molecule has 1 heterocycles. The molecule has 0 aliphatic heterocycles. The fourth-order valence-electron chi connectivity index (χ4n) is 2.24. The predicted molar refractivity (Wildman–Crippen MR) is 89.9 cm³/mol. The van der Waals surface area contributed by atoms with Gasteiger partial charge in [-0.3, -0.25) is 4.90 Å². The smallest absolute Gasteiger partial charge is 0.122 e. The molecule has 0 amide bonds. The standard InChI is InChI=1S/C16H23BrN4/c1-4-18-10-13-5-6-14(15(17)9-13)11-20(2)12-16-19-7-8-21(16)3/h5-9,18H,4,10-12H2,1-3H3. The van der Waals surface area contributed by atoms with Gasteiger partial charge in [0.1, 0.15) is 5.82 Å². The van der Waals surface area contributed by atoms with Crippen molar-refractivity contribution in [3.63, 3.8) is 0 Å². The van der Waals surface area contributed by atoms with Crippen molar-refractivity contribution in [3.05, 3.63) is 52.0 Å². The number of benzene rings is 1. The first kappa shape index (κ1) is 16.2. The first-order valence-corrected chi connectivity index (χ1v) is 8.02. The van der Waals surface area contributed by atoms with Crippen LogP contribution in [0.15, 0.2) is 35.1 Å². The predicted octanol–water partition coefficient (Wildman–Crippen LogP) is 2.92. The van der Waals surface area contributed by atoms with Gasteiger partial charge in [0.15, 0.2) is 0 Å². The van der Waals surface area contributed by atoms with Crippen molar-refractivity contribution in [3.8, 4) is 0 Å². The molecule has 0 bridgehead atoms. The van der Waals surface area contributed by atoms with Crippen molar-refractivity contribution >= 4 is 15.9 Å². The zero-order valence-electron chi connectivity index (χ0n) is 12.9. The number of hydrogen-bond donors (Lipinski definition) is 1. The Bertz CT molecular complexity index is 579. The zero-order chi connectivity index (χ0) is 15.2. The average molecular weight is 351 g/mol. The third kappa shape index (κ3) is 4.66. The van der Waals surface area contributed by atoms with E-state index in [1.54, 1.807) is 0 Å². The zero-order valence-corrected chi connectivity index (χ0v) is 14.5. The molecule has 0 saturated carbocycles. The van der Waals surface area contributed by atoms with E-state index in [1.165, 1.54) is 15.6 Å². The van der Waals surface area contributed by atoms with Gasteiger partial charge in [-0.05, 0) is 30.8 Å². The van der Waals surface area contributed by atoms with Crippen LogP contribution in [0, 0.1) is 0 Å². The number of aromatic nitrogens is 2. The van der Waals surface area contributed by atoms with Crippen LogP contribution in [0.3, 0.4) is 0 Å². The molecule has 1 aromatic carbocycles. The molecule has 21 heavy (non-hydrogen) atoms. The topological polar surface area (TPSA) is 33.1 Å². The fraction of sp³-hybridized carbons (Fsp3) is 0.438. The van der Waals surface area contributed by atoms with Crippen LogP contribution in [0.4, 0.5) is 0 Å². The van der Waals surface area contributed by atoms with Crippen molar-refractivity contribution < 1.29 is 0 Å². The summed E-state index contributed by atoms with van der Waals surface area (Å²) in [6, 6.07) is 6.59. The Balaban J connectivity index is 1.97. The Morgan fingerprint density at radius 3 is 2.76 bits per heavy atom. The Kier molecular flexibility index (Phi) is 5.96. The number of hydrogen-bond acceptors (Lipinski definition) is 3. The first-order valence-electron chi connectivity index (χ1n) is 7.23. The molecule has 0 radical (unpaired) electrons. The van der Waals surface area contributed by atoms with Gasteiger partial charge >= 0.3 is 0 Å². The molecular weight excluding hydrogens is 328 g/mol. The number of nitrogens with zero attached hydrogens (tertiary/aromatic N) is 3. The largest absolute Gasteiger partial charge is 0.337 e. The molecule has 0 spiro atoms. The lowest BCUT2D eigenvalue weighted by Crippen LogP contribution is -2.20. The highest BCUT2D eigenvalue weighted by atomic mass is 79.9. The van der Waals surface area contributed by atoms with Crippen molar-refractivity contribution in [2.24, 2.45) is 7.05 Å². The van der Waals surface area contributed by atoms with Crippen molar-refractivity contribution in [1.82, 2.24) is 19.8 Å². The van der Waals surface area contributed by atoms with Gasteiger partial charge in [-0.25, -0.2) is 4.98 Å². The number of halogens is 1. The highest BCUT2D eigenvalue weighted by Crippen LogP contribution is 2.20. The normalized spacial score (nSPS) is 11.3. The Morgan fingerprint density at radius 2 is 2.14 bits per heavy atom. The van der Waals surface area contributed by atoms with E-state index in [1.807, 2.05) is 19.4 Å². The van der Waals surface area contributed by atoms with Crippen molar-refractivity contribution in [2.45, 2.75) is 26.6 Å². The quantitative estimate of drug-likeness (QED) is 0.833. The van der Waals surface area contributed by atoms with Crippen LogP contribution < -0.4 is 5.32 Å². The second-order valence-corrected chi connectivity index (χ2v) is 6.19. The molecule has 4 nitrogen and oxygen atoms in total. The summed E-state index contributed by atoms with van der Waals surface area (Å²) in [5, 5.41) is 3.35. The molecule has 114 valence electrons. The van der Waals surface area contributed by atoms with Crippen LogP contribution in [-0.4, -0.2) is 28.0 Å². The number of aryl methyl sites for hydroxylation is 1. The summed E-state index contributed by atoms with van der Waals surface area (Å²) < 4.78 is 3.23. The minimum absolute atomic E-state index is 0.842. The van der Waals surface area contributed by atoms with Gasteiger partial charge in [-0.2, -0.15) is 0 Å². The van der Waals surface area contributed by atoms with Crippen LogP contribution in [0.25, 0.3) is 0 Å². The van der Waals surface area contributed by atoms with Crippen molar-refractivity contribution in [2.75, 3.05) is 13.6 Å². The van der Waals surface area contributed by atoms with E-state index in [0.717, 1.165) is 32.0 Å². The van der Waals surface area contributed by atoms with E-state index >= 15 is 0 Å². The molecule has 5 heteroatoms. The van der Waals surface area contributed by atoms with Crippen LogP contribution in [-0.2, 0) is 26.7 Å². The maximum absolute atomic E-state index is 4.37. The minimum Gasteiger partial charge on any atom is -0.337 e. The van der Waals surface area contributed by atoms with E-state index in [0.29, 0.717) is 0 Å². The second kappa shape index (κ2) is 7.73. The summed E-state index contributed by atoms with van der Waals surface area (Å²) in [6.45, 7) is 5.77. The van der Waals surface area contributed by atoms with Gasteiger partial charge in [0.2, 0.25) is 0 Å². The highest BCUT2D eigenvalue weighted by molar-refractivity contribution is 9.10. The molecule has 0 aliphatic rings. The Hall–Kier alpha value is -1.17. The molecule has 0 saturated heterocycles. The van der Waals surface area contributed by atoms with Crippen LogP contribution in [0.5, 0.6) is 0 Å². The summed E-state index contributed by atoms with van der Waals surface area (Å²) in [6.07, 6.45) is 3.82. The third-order valence-corrected chi connectivity index (χ3v) is 4.21. The fourth-order valence-corrected chi connectivity index (χ4v) is 2.79. The molecule has 0 unspecified atom stereocenters. The van der Waals surface area contributed by atoms with Crippen LogP contribution in [0.2, 0.25) is 0 Å². The van der Waals surface area contributed by atoms with Gasteiger partial charge in [0.05, 0.1) is 6.54 Å². The molecule has 1 N–H and O–H groups in total. The molecule has 2 aromatic rings. The second-order valence-electron chi connectivity index (χ2n) is 5.33. The van der Waals surface area contributed by atoms with Crippen molar-refractivity contribution in [1.29, 1.82) is 0 Å². The highest BCUT2D eigenvalue weighted by Gasteiger charge is 2.08. The summed E-state index contributed by atoms with van der Waals surface area (Å²) in [7, 11) is 4.15. The lowest BCUT2D eigenvalue weighted by atomic mass is 10.1. The van der Waals surface area contributed by atoms with E-state index in [9.17, 15) is 0 Å². The maximum atomic E-state index is 4.37. The molecule has 0 aliphatic carbocycles. The number of imidazole rings is 1. The van der Waals surface area contributed by atoms with Gasteiger partial charge in [0, 0.05) is 37.0 Å². The SMILES string of the molecule is CCNCc1ccc(CN(C)Cc2nccn2C)c(Br)c1. The van der Waals surface area contributed by atoms with Gasteiger partial charge in [-0.15, -0.1) is 0 Å². The molecule has 0 fully saturated rings. The molecule has 2 rings (SSSR count). The van der Waals surface area contributed by atoms with Gasteiger partial charge in [-0.1, -0.05) is 35.0 Å². The number of nitrogens with one attached hydrogen (secondary N) is 1. The van der Waals surface area contributed by atoms with Gasteiger partial charge in [0.25, 0.3) is 0 Å². The third-order valence-electron chi connectivity index (χ3n) is 3.47. The van der Waals surface area contributed by atoms with Gasteiger partial charge < -0.3 is 9.88 Å². The van der Waals surface area contributed by atoms with Crippen LogP contribution >= 0.6 is 15.9 Å². The van der Waals surface area contributed by atoms with Crippen LogP contribution in [0.1, 0.15) is 23.9 Å². The molecular formula is C16H23BrN4.